The summed E-state index contributed by atoms with van der Waals surface area (Å²) in [7, 11) is 1.88. The van der Waals surface area contributed by atoms with Gasteiger partial charge in [0.2, 0.25) is 0 Å². The fraction of sp³-hybridized carbons (Fsp3) is 0.538. The SMILES string of the molecule is CCNC(Cc1cn(C)nn1)c1cc(C)nnc1C. The Bertz CT molecular complexity index is 548. The van der Waals surface area contributed by atoms with Crippen LogP contribution in [0.25, 0.3) is 0 Å². The first-order valence-electron chi connectivity index (χ1n) is 6.49. The van der Waals surface area contributed by atoms with E-state index < -0.39 is 0 Å². The van der Waals surface area contributed by atoms with E-state index in [9.17, 15) is 0 Å². The van der Waals surface area contributed by atoms with Crippen molar-refractivity contribution in [3.05, 3.63) is 34.9 Å². The molecule has 6 heteroatoms. The zero-order valence-electron chi connectivity index (χ0n) is 11.9. The van der Waals surface area contributed by atoms with Crippen molar-refractivity contribution in [3.63, 3.8) is 0 Å². The second-order valence-corrected chi connectivity index (χ2v) is 4.72. The van der Waals surface area contributed by atoms with Crippen LogP contribution in [0.1, 0.15) is 35.6 Å². The summed E-state index contributed by atoms with van der Waals surface area (Å²) < 4.78 is 1.72. The standard InChI is InChI=1S/C13H20N6/c1-5-14-13(7-11-8-19(4)18-17-11)12-6-9(2)15-16-10(12)3/h6,8,13-14H,5,7H2,1-4H3. The van der Waals surface area contributed by atoms with Crippen molar-refractivity contribution in [2.75, 3.05) is 6.54 Å². The Balaban J connectivity index is 2.26. The molecule has 0 fully saturated rings. The smallest absolute Gasteiger partial charge is 0.0845 e. The highest BCUT2D eigenvalue weighted by atomic mass is 15.4. The Kier molecular flexibility index (Phi) is 4.21. The molecule has 0 aromatic carbocycles. The summed E-state index contributed by atoms with van der Waals surface area (Å²) in [6.45, 7) is 6.94. The first kappa shape index (κ1) is 13.6. The first-order chi connectivity index (χ1) is 9.10. The number of nitrogens with one attached hydrogen (secondary N) is 1. The lowest BCUT2D eigenvalue weighted by Crippen LogP contribution is -2.24. The van der Waals surface area contributed by atoms with E-state index in [1.807, 2.05) is 27.1 Å². The van der Waals surface area contributed by atoms with Gasteiger partial charge >= 0.3 is 0 Å². The number of rotatable bonds is 5. The van der Waals surface area contributed by atoms with Crippen molar-refractivity contribution < 1.29 is 0 Å². The van der Waals surface area contributed by atoms with E-state index in [1.54, 1.807) is 4.68 Å². The maximum atomic E-state index is 4.20. The molecule has 6 nitrogen and oxygen atoms in total. The molecule has 1 atom stereocenters. The normalized spacial score (nSPS) is 12.6. The number of hydrogen-bond donors (Lipinski definition) is 1. The Labute approximate surface area is 113 Å². The second-order valence-electron chi connectivity index (χ2n) is 4.72. The fourth-order valence-electron chi connectivity index (χ4n) is 2.16. The summed E-state index contributed by atoms with van der Waals surface area (Å²) in [5, 5.41) is 19.9. The van der Waals surface area contributed by atoms with E-state index in [-0.39, 0.29) is 6.04 Å². The van der Waals surface area contributed by atoms with Gasteiger partial charge in [-0.2, -0.15) is 10.2 Å². The number of likely N-dealkylation sites (N-methyl/N-ethyl adjacent to an activating group) is 1. The zero-order chi connectivity index (χ0) is 13.8. The molecule has 0 aliphatic rings. The molecular weight excluding hydrogens is 240 g/mol. The van der Waals surface area contributed by atoms with E-state index in [2.05, 4.69) is 38.8 Å². The van der Waals surface area contributed by atoms with Crippen LogP contribution in [0.15, 0.2) is 12.3 Å². The molecule has 0 amide bonds. The van der Waals surface area contributed by atoms with Gasteiger partial charge in [-0.1, -0.05) is 12.1 Å². The summed E-state index contributed by atoms with van der Waals surface area (Å²) in [6.07, 6.45) is 2.74. The van der Waals surface area contributed by atoms with Crippen LogP contribution in [0, 0.1) is 13.8 Å². The predicted octanol–water partition coefficient (Wildman–Crippen LogP) is 1.12. The fourth-order valence-corrected chi connectivity index (χ4v) is 2.16. The van der Waals surface area contributed by atoms with Crippen LogP contribution in [0.3, 0.4) is 0 Å². The van der Waals surface area contributed by atoms with Gasteiger partial charge in [0.15, 0.2) is 0 Å². The summed E-state index contributed by atoms with van der Waals surface area (Å²) >= 11 is 0. The van der Waals surface area contributed by atoms with Crippen molar-refractivity contribution in [3.8, 4) is 0 Å². The third-order valence-corrected chi connectivity index (χ3v) is 3.03. The van der Waals surface area contributed by atoms with E-state index >= 15 is 0 Å². The summed E-state index contributed by atoms with van der Waals surface area (Å²) in [5.41, 5.74) is 4.05. The summed E-state index contributed by atoms with van der Waals surface area (Å²) in [6, 6.07) is 2.28. The van der Waals surface area contributed by atoms with Gasteiger partial charge in [0, 0.05) is 25.7 Å². The van der Waals surface area contributed by atoms with Crippen molar-refractivity contribution in [1.82, 2.24) is 30.5 Å². The summed E-state index contributed by atoms with van der Waals surface area (Å²) in [4.78, 5) is 0. The molecule has 19 heavy (non-hydrogen) atoms. The van der Waals surface area contributed by atoms with Crippen LogP contribution in [-0.2, 0) is 13.5 Å². The number of hydrogen-bond acceptors (Lipinski definition) is 5. The van der Waals surface area contributed by atoms with Crippen LogP contribution in [0.4, 0.5) is 0 Å². The molecule has 0 aliphatic carbocycles. The van der Waals surface area contributed by atoms with Gasteiger partial charge in [-0.15, -0.1) is 5.10 Å². The molecule has 1 unspecified atom stereocenters. The second kappa shape index (κ2) is 5.88. The molecule has 2 aromatic heterocycles. The van der Waals surface area contributed by atoms with Crippen LogP contribution in [0.2, 0.25) is 0 Å². The van der Waals surface area contributed by atoms with Gasteiger partial charge in [-0.3, -0.25) is 4.68 Å². The van der Waals surface area contributed by atoms with E-state index in [0.29, 0.717) is 0 Å². The third kappa shape index (κ3) is 3.35. The monoisotopic (exact) mass is 260 g/mol. The van der Waals surface area contributed by atoms with Crippen LogP contribution >= 0.6 is 0 Å². The predicted molar refractivity (Wildman–Crippen MR) is 72.6 cm³/mol. The molecule has 2 heterocycles. The largest absolute Gasteiger partial charge is 0.310 e. The molecule has 0 bridgehead atoms. The van der Waals surface area contributed by atoms with Crippen molar-refractivity contribution in [2.24, 2.45) is 7.05 Å². The lowest BCUT2D eigenvalue weighted by molar-refractivity contribution is 0.536. The van der Waals surface area contributed by atoms with Gasteiger partial charge in [0.1, 0.15) is 0 Å². The van der Waals surface area contributed by atoms with E-state index in [1.165, 1.54) is 5.56 Å². The van der Waals surface area contributed by atoms with Crippen molar-refractivity contribution >= 4 is 0 Å². The lowest BCUT2D eigenvalue weighted by atomic mass is 10.0. The molecule has 2 aromatic rings. The molecule has 0 radical (unpaired) electrons. The highest BCUT2D eigenvalue weighted by molar-refractivity contribution is 5.25. The Morgan fingerprint density at radius 2 is 2.05 bits per heavy atom. The maximum absolute atomic E-state index is 4.20. The Morgan fingerprint density at radius 1 is 1.26 bits per heavy atom. The summed E-state index contributed by atoms with van der Waals surface area (Å²) in [5.74, 6) is 0. The Hall–Kier alpha value is -1.82. The number of aryl methyl sites for hydroxylation is 3. The number of nitrogens with zero attached hydrogens (tertiary/aromatic N) is 5. The highest BCUT2D eigenvalue weighted by Gasteiger charge is 2.16. The molecular formula is C13H20N6. The lowest BCUT2D eigenvalue weighted by Gasteiger charge is -2.18. The molecule has 0 saturated carbocycles. The van der Waals surface area contributed by atoms with Crippen LogP contribution < -0.4 is 5.32 Å². The van der Waals surface area contributed by atoms with Gasteiger partial charge < -0.3 is 5.32 Å². The minimum Gasteiger partial charge on any atom is -0.310 e. The van der Waals surface area contributed by atoms with Crippen molar-refractivity contribution in [2.45, 2.75) is 33.2 Å². The first-order valence-corrected chi connectivity index (χ1v) is 6.49. The molecule has 0 spiro atoms. The maximum Gasteiger partial charge on any atom is 0.0845 e. The van der Waals surface area contributed by atoms with Gasteiger partial charge in [-0.05, 0) is 32.0 Å². The average molecular weight is 260 g/mol. The van der Waals surface area contributed by atoms with E-state index in [0.717, 1.165) is 30.0 Å². The zero-order valence-corrected chi connectivity index (χ0v) is 11.9. The Morgan fingerprint density at radius 3 is 2.68 bits per heavy atom. The highest BCUT2D eigenvalue weighted by Crippen LogP contribution is 2.20. The molecule has 0 aliphatic heterocycles. The third-order valence-electron chi connectivity index (χ3n) is 3.03. The van der Waals surface area contributed by atoms with Gasteiger partial charge in [0.25, 0.3) is 0 Å². The molecule has 102 valence electrons. The average Bonchev–Trinajstić information content (AvgIpc) is 2.77. The molecule has 2 rings (SSSR count). The van der Waals surface area contributed by atoms with Gasteiger partial charge in [0.05, 0.1) is 17.1 Å². The van der Waals surface area contributed by atoms with Crippen LogP contribution in [-0.4, -0.2) is 31.7 Å². The number of aromatic nitrogens is 5. The quantitative estimate of drug-likeness (QED) is 0.872. The molecule has 1 N–H and O–H groups in total. The topological polar surface area (TPSA) is 68.5 Å². The van der Waals surface area contributed by atoms with Crippen molar-refractivity contribution in [1.29, 1.82) is 0 Å². The van der Waals surface area contributed by atoms with E-state index in [4.69, 9.17) is 0 Å². The molecule has 0 saturated heterocycles. The minimum absolute atomic E-state index is 0.191. The van der Waals surface area contributed by atoms with Gasteiger partial charge in [-0.25, -0.2) is 0 Å². The minimum atomic E-state index is 0.191. The van der Waals surface area contributed by atoms with Crippen LogP contribution in [0.5, 0.6) is 0 Å².